The number of anilines is 1. The Bertz CT molecular complexity index is 1070. The van der Waals surface area contributed by atoms with E-state index in [9.17, 15) is 13.2 Å². The molecule has 3 aromatic rings. The summed E-state index contributed by atoms with van der Waals surface area (Å²) in [7, 11) is -1.92. The van der Waals surface area contributed by atoms with Crippen LogP contribution in [0.1, 0.15) is 18.9 Å². The molecule has 0 aliphatic carbocycles. The number of fused-ring (bicyclic) bond motifs is 1. The average molecular weight is 401 g/mol. The molecule has 1 aromatic heterocycles. The van der Waals surface area contributed by atoms with Gasteiger partial charge in [-0.25, -0.2) is 13.1 Å². The van der Waals surface area contributed by atoms with Gasteiger partial charge in [-0.3, -0.25) is 4.79 Å². The summed E-state index contributed by atoms with van der Waals surface area (Å²) in [5, 5.41) is 3.72. The molecule has 3 rings (SSSR count). The van der Waals surface area contributed by atoms with E-state index < -0.39 is 10.0 Å². The van der Waals surface area contributed by atoms with Gasteiger partial charge in [-0.1, -0.05) is 6.92 Å². The van der Waals surface area contributed by atoms with Gasteiger partial charge in [0.1, 0.15) is 5.75 Å². The lowest BCUT2D eigenvalue weighted by Crippen LogP contribution is -2.24. The van der Waals surface area contributed by atoms with E-state index in [2.05, 4.69) is 15.0 Å². The monoisotopic (exact) mass is 401 g/mol. The predicted octanol–water partition coefficient (Wildman–Crippen LogP) is 3.05. The van der Waals surface area contributed by atoms with Crippen LogP contribution >= 0.6 is 0 Å². The maximum absolute atomic E-state index is 12.4. The van der Waals surface area contributed by atoms with Crippen molar-refractivity contribution >= 4 is 32.5 Å². The molecular formula is C20H23N3O4S. The van der Waals surface area contributed by atoms with Crippen LogP contribution in [-0.4, -0.2) is 33.0 Å². The molecule has 0 aliphatic rings. The molecule has 0 bridgehead atoms. The Morgan fingerprint density at radius 2 is 1.89 bits per heavy atom. The molecule has 7 nitrogen and oxygen atoms in total. The first-order chi connectivity index (χ1) is 13.4. The second-order valence-electron chi connectivity index (χ2n) is 6.37. The highest BCUT2D eigenvalue weighted by Crippen LogP contribution is 2.24. The predicted molar refractivity (Wildman–Crippen MR) is 109 cm³/mol. The lowest BCUT2D eigenvalue weighted by atomic mass is 10.1. The Morgan fingerprint density at radius 1 is 1.14 bits per heavy atom. The molecule has 0 fully saturated rings. The number of amides is 1. The molecule has 2 aromatic carbocycles. The molecular weight excluding hydrogens is 378 g/mol. The number of carbonyl (C=O) groups is 1. The molecule has 1 amide bonds. The van der Waals surface area contributed by atoms with Gasteiger partial charge in [0.25, 0.3) is 0 Å². The number of rotatable bonds is 8. The van der Waals surface area contributed by atoms with Gasteiger partial charge in [-0.05, 0) is 54.4 Å². The standard InChI is InChI=1S/C20H23N3O4S/c1-3-10-22-28(25,26)17-7-4-15(5-8-17)23-20(24)11-14-13-21-19-9-6-16(27-2)12-18(14)19/h4-9,12-13,21-22H,3,10-11H2,1-2H3,(H,23,24). The van der Waals surface area contributed by atoms with Gasteiger partial charge in [0.2, 0.25) is 15.9 Å². The van der Waals surface area contributed by atoms with Crippen molar-refractivity contribution in [2.24, 2.45) is 0 Å². The number of nitrogens with one attached hydrogen (secondary N) is 3. The highest BCUT2D eigenvalue weighted by atomic mass is 32.2. The minimum Gasteiger partial charge on any atom is -0.497 e. The van der Waals surface area contributed by atoms with Crippen LogP contribution in [0.25, 0.3) is 10.9 Å². The molecule has 0 radical (unpaired) electrons. The van der Waals surface area contributed by atoms with E-state index in [-0.39, 0.29) is 17.2 Å². The topological polar surface area (TPSA) is 100 Å². The van der Waals surface area contributed by atoms with Gasteiger partial charge < -0.3 is 15.0 Å². The zero-order chi connectivity index (χ0) is 20.1. The number of hydrogen-bond donors (Lipinski definition) is 3. The second-order valence-corrected chi connectivity index (χ2v) is 8.14. The van der Waals surface area contributed by atoms with Crippen molar-refractivity contribution in [3.63, 3.8) is 0 Å². The normalized spacial score (nSPS) is 11.5. The number of ether oxygens (including phenoxy) is 1. The molecule has 0 saturated heterocycles. The minimum atomic E-state index is -3.52. The van der Waals surface area contributed by atoms with E-state index in [1.165, 1.54) is 12.1 Å². The first-order valence-electron chi connectivity index (χ1n) is 8.96. The lowest BCUT2D eigenvalue weighted by molar-refractivity contribution is -0.115. The number of H-pyrrole nitrogens is 1. The van der Waals surface area contributed by atoms with Crippen LogP contribution < -0.4 is 14.8 Å². The maximum Gasteiger partial charge on any atom is 0.240 e. The summed E-state index contributed by atoms with van der Waals surface area (Å²) in [6.45, 7) is 2.28. The van der Waals surface area contributed by atoms with Crippen molar-refractivity contribution in [3.05, 3.63) is 54.2 Å². The van der Waals surface area contributed by atoms with Crippen molar-refractivity contribution in [3.8, 4) is 5.75 Å². The van der Waals surface area contributed by atoms with Crippen molar-refractivity contribution in [2.45, 2.75) is 24.7 Å². The molecule has 0 atom stereocenters. The molecule has 1 heterocycles. The van der Waals surface area contributed by atoms with Crippen molar-refractivity contribution < 1.29 is 17.9 Å². The number of aromatic amines is 1. The summed E-state index contributed by atoms with van der Waals surface area (Å²) in [5.41, 5.74) is 2.32. The molecule has 8 heteroatoms. The van der Waals surface area contributed by atoms with Crippen molar-refractivity contribution in [1.82, 2.24) is 9.71 Å². The molecule has 28 heavy (non-hydrogen) atoms. The van der Waals surface area contributed by atoms with Crippen molar-refractivity contribution in [2.75, 3.05) is 19.0 Å². The number of benzene rings is 2. The third kappa shape index (κ3) is 4.52. The van der Waals surface area contributed by atoms with Crippen LogP contribution in [0.5, 0.6) is 5.75 Å². The smallest absolute Gasteiger partial charge is 0.240 e. The first kappa shape index (κ1) is 19.9. The third-order valence-corrected chi connectivity index (χ3v) is 5.79. The van der Waals surface area contributed by atoms with E-state index in [0.29, 0.717) is 18.7 Å². The summed E-state index contributed by atoms with van der Waals surface area (Å²) in [6, 6.07) is 11.8. The number of sulfonamides is 1. The van der Waals surface area contributed by atoms with E-state index >= 15 is 0 Å². The van der Waals surface area contributed by atoms with Gasteiger partial charge in [0.05, 0.1) is 18.4 Å². The van der Waals surface area contributed by atoms with Crippen LogP contribution in [0.3, 0.4) is 0 Å². The molecule has 0 unspecified atom stereocenters. The van der Waals surface area contributed by atoms with E-state index in [1.54, 1.807) is 25.4 Å². The van der Waals surface area contributed by atoms with E-state index in [0.717, 1.165) is 22.2 Å². The maximum atomic E-state index is 12.4. The average Bonchev–Trinajstić information content (AvgIpc) is 3.08. The van der Waals surface area contributed by atoms with Gasteiger partial charge in [-0.15, -0.1) is 0 Å². The zero-order valence-electron chi connectivity index (χ0n) is 15.8. The fraction of sp³-hybridized carbons (Fsp3) is 0.250. The first-order valence-corrected chi connectivity index (χ1v) is 10.4. The summed E-state index contributed by atoms with van der Waals surface area (Å²) in [5.74, 6) is 0.533. The Balaban J connectivity index is 1.68. The molecule has 0 spiro atoms. The molecule has 0 aliphatic heterocycles. The van der Waals surface area contributed by atoms with Crippen LogP contribution in [0.15, 0.2) is 53.6 Å². The van der Waals surface area contributed by atoms with Crippen LogP contribution in [0.4, 0.5) is 5.69 Å². The van der Waals surface area contributed by atoms with Crippen LogP contribution in [-0.2, 0) is 21.2 Å². The highest BCUT2D eigenvalue weighted by Gasteiger charge is 2.14. The fourth-order valence-electron chi connectivity index (χ4n) is 2.85. The minimum absolute atomic E-state index is 0.169. The van der Waals surface area contributed by atoms with Gasteiger partial charge >= 0.3 is 0 Å². The Labute approximate surface area is 164 Å². The van der Waals surface area contributed by atoms with Crippen LogP contribution in [0.2, 0.25) is 0 Å². The van der Waals surface area contributed by atoms with Gasteiger partial charge in [-0.2, -0.15) is 0 Å². The molecule has 148 valence electrons. The molecule has 3 N–H and O–H groups in total. The summed E-state index contributed by atoms with van der Waals surface area (Å²) in [6.07, 6.45) is 2.71. The Morgan fingerprint density at radius 3 is 2.57 bits per heavy atom. The fourth-order valence-corrected chi connectivity index (χ4v) is 3.98. The van der Waals surface area contributed by atoms with Gasteiger partial charge in [0, 0.05) is 29.3 Å². The van der Waals surface area contributed by atoms with Gasteiger partial charge in [0.15, 0.2) is 0 Å². The number of aromatic nitrogens is 1. The number of carbonyl (C=O) groups excluding carboxylic acids is 1. The molecule has 0 saturated carbocycles. The number of methoxy groups -OCH3 is 1. The van der Waals surface area contributed by atoms with Crippen molar-refractivity contribution in [1.29, 1.82) is 0 Å². The summed E-state index contributed by atoms with van der Waals surface area (Å²) in [4.78, 5) is 15.7. The third-order valence-electron chi connectivity index (χ3n) is 4.32. The van der Waals surface area contributed by atoms with E-state index in [1.807, 2.05) is 25.1 Å². The second kappa shape index (κ2) is 8.45. The summed E-state index contributed by atoms with van der Waals surface area (Å²) >= 11 is 0. The highest BCUT2D eigenvalue weighted by molar-refractivity contribution is 7.89. The SMILES string of the molecule is CCCNS(=O)(=O)c1ccc(NC(=O)Cc2c[nH]c3ccc(OC)cc23)cc1. The van der Waals surface area contributed by atoms with E-state index in [4.69, 9.17) is 4.74 Å². The number of hydrogen-bond acceptors (Lipinski definition) is 4. The Kier molecular flexibility index (Phi) is 6.01. The van der Waals surface area contributed by atoms with Crippen LogP contribution in [0, 0.1) is 0 Å². The Hall–Kier alpha value is -2.84. The quantitative estimate of drug-likeness (QED) is 0.540. The lowest BCUT2D eigenvalue weighted by Gasteiger charge is -2.08. The zero-order valence-corrected chi connectivity index (χ0v) is 16.6. The largest absolute Gasteiger partial charge is 0.497 e. The summed E-state index contributed by atoms with van der Waals surface area (Å²) < 4.78 is 32.0.